The van der Waals surface area contributed by atoms with Crippen molar-refractivity contribution in [3.8, 4) is 17.4 Å². The SMILES string of the molecule is NC(=O)c1ccc(-n2nnnc2Oc2ccc3ccc(=O)oc3c2)cc1. The number of nitrogens with two attached hydrogens (primary N) is 1. The molecule has 9 heteroatoms. The van der Waals surface area contributed by atoms with E-state index in [1.165, 1.54) is 10.7 Å². The first-order valence-electron chi connectivity index (χ1n) is 7.50. The smallest absolute Gasteiger partial charge is 0.345 e. The Morgan fingerprint density at radius 1 is 1.08 bits per heavy atom. The van der Waals surface area contributed by atoms with Crippen molar-refractivity contribution in [1.82, 2.24) is 20.2 Å². The number of hydrogen-bond donors (Lipinski definition) is 1. The third-order valence-electron chi connectivity index (χ3n) is 3.64. The van der Waals surface area contributed by atoms with E-state index in [1.54, 1.807) is 48.5 Å². The van der Waals surface area contributed by atoms with Gasteiger partial charge in [0.05, 0.1) is 5.69 Å². The minimum Gasteiger partial charge on any atom is -0.423 e. The van der Waals surface area contributed by atoms with Crippen molar-refractivity contribution in [1.29, 1.82) is 0 Å². The topological polar surface area (TPSA) is 126 Å². The molecule has 0 atom stereocenters. The second-order valence-corrected chi connectivity index (χ2v) is 5.34. The van der Waals surface area contributed by atoms with Gasteiger partial charge in [0.2, 0.25) is 5.91 Å². The van der Waals surface area contributed by atoms with Gasteiger partial charge in [-0.05, 0) is 52.9 Å². The van der Waals surface area contributed by atoms with Crippen LogP contribution >= 0.6 is 0 Å². The Kier molecular flexibility index (Phi) is 3.66. The molecular weight excluding hydrogens is 338 g/mol. The van der Waals surface area contributed by atoms with Gasteiger partial charge in [-0.3, -0.25) is 4.79 Å². The lowest BCUT2D eigenvalue weighted by Crippen LogP contribution is -2.10. The van der Waals surface area contributed by atoms with Crippen LogP contribution in [0.25, 0.3) is 16.7 Å². The number of carbonyl (C=O) groups is 1. The molecule has 2 aromatic heterocycles. The van der Waals surface area contributed by atoms with Gasteiger partial charge in [-0.25, -0.2) is 4.79 Å². The number of fused-ring (bicyclic) bond motifs is 1. The molecule has 0 saturated heterocycles. The van der Waals surface area contributed by atoms with Crippen molar-refractivity contribution in [2.24, 2.45) is 5.73 Å². The summed E-state index contributed by atoms with van der Waals surface area (Å²) in [6, 6.07) is 14.6. The highest BCUT2D eigenvalue weighted by atomic mass is 16.5. The summed E-state index contributed by atoms with van der Waals surface area (Å²) in [5.41, 5.74) is 6.12. The fraction of sp³-hybridized carbons (Fsp3) is 0. The highest BCUT2D eigenvalue weighted by molar-refractivity contribution is 5.92. The van der Waals surface area contributed by atoms with Crippen molar-refractivity contribution in [3.63, 3.8) is 0 Å². The van der Waals surface area contributed by atoms with E-state index in [1.807, 2.05) is 0 Å². The van der Waals surface area contributed by atoms with Gasteiger partial charge in [0.15, 0.2) is 0 Å². The van der Waals surface area contributed by atoms with Gasteiger partial charge in [-0.1, -0.05) is 5.10 Å². The van der Waals surface area contributed by atoms with Crippen LogP contribution in [0.4, 0.5) is 0 Å². The van der Waals surface area contributed by atoms with Gasteiger partial charge in [-0.2, -0.15) is 4.68 Å². The lowest BCUT2D eigenvalue weighted by Gasteiger charge is -2.07. The molecule has 128 valence electrons. The summed E-state index contributed by atoms with van der Waals surface area (Å²) in [5.74, 6) is -0.126. The number of carbonyl (C=O) groups excluding carboxylic acids is 1. The third kappa shape index (κ3) is 2.88. The maximum Gasteiger partial charge on any atom is 0.345 e. The molecule has 0 unspecified atom stereocenters. The fourth-order valence-corrected chi connectivity index (χ4v) is 2.38. The molecule has 0 radical (unpaired) electrons. The molecule has 9 nitrogen and oxygen atoms in total. The summed E-state index contributed by atoms with van der Waals surface area (Å²) in [6.07, 6.45) is 0. The number of nitrogens with zero attached hydrogens (tertiary/aromatic N) is 4. The van der Waals surface area contributed by atoms with E-state index in [4.69, 9.17) is 14.9 Å². The van der Waals surface area contributed by atoms with E-state index in [2.05, 4.69) is 15.5 Å². The van der Waals surface area contributed by atoms with Crippen LogP contribution in [-0.2, 0) is 0 Å². The average Bonchev–Trinajstić information content (AvgIpc) is 3.09. The first-order valence-corrected chi connectivity index (χ1v) is 7.50. The third-order valence-corrected chi connectivity index (χ3v) is 3.64. The second kappa shape index (κ2) is 6.13. The molecule has 0 bridgehead atoms. The monoisotopic (exact) mass is 349 g/mol. The fourth-order valence-electron chi connectivity index (χ4n) is 2.38. The number of tetrazole rings is 1. The molecule has 0 spiro atoms. The summed E-state index contributed by atoms with van der Waals surface area (Å²) in [5, 5.41) is 12.1. The lowest BCUT2D eigenvalue weighted by atomic mass is 10.2. The van der Waals surface area contributed by atoms with Crippen molar-refractivity contribution >= 4 is 16.9 Å². The van der Waals surface area contributed by atoms with Gasteiger partial charge < -0.3 is 14.9 Å². The van der Waals surface area contributed by atoms with Crippen LogP contribution in [-0.4, -0.2) is 26.1 Å². The van der Waals surface area contributed by atoms with Crippen LogP contribution in [0.15, 0.2) is 63.8 Å². The van der Waals surface area contributed by atoms with Gasteiger partial charge in [0.25, 0.3) is 0 Å². The van der Waals surface area contributed by atoms with Crippen LogP contribution in [0.2, 0.25) is 0 Å². The molecule has 2 aromatic carbocycles. The minimum atomic E-state index is -0.526. The van der Waals surface area contributed by atoms with E-state index >= 15 is 0 Å². The van der Waals surface area contributed by atoms with E-state index in [0.29, 0.717) is 22.6 Å². The number of hydrogen-bond acceptors (Lipinski definition) is 7. The zero-order chi connectivity index (χ0) is 18.1. The number of ether oxygens (including phenoxy) is 1. The zero-order valence-corrected chi connectivity index (χ0v) is 13.2. The maximum atomic E-state index is 11.3. The molecule has 0 saturated carbocycles. The Labute approximate surface area is 145 Å². The molecule has 4 aromatic rings. The molecule has 26 heavy (non-hydrogen) atoms. The number of primary amides is 1. The molecule has 1 amide bonds. The predicted molar refractivity (Wildman–Crippen MR) is 90.2 cm³/mol. The number of aromatic nitrogens is 4. The molecule has 0 aliphatic heterocycles. The van der Waals surface area contributed by atoms with Crippen LogP contribution in [0, 0.1) is 0 Å². The van der Waals surface area contributed by atoms with Crippen molar-refractivity contribution in [3.05, 3.63) is 70.6 Å². The van der Waals surface area contributed by atoms with E-state index in [9.17, 15) is 9.59 Å². The molecule has 2 N–H and O–H groups in total. The van der Waals surface area contributed by atoms with E-state index in [0.717, 1.165) is 5.39 Å². The first-order chi connectivity index (χ1) is 12.6. The van der Waals surface area contributed by atoms with Gasteiger partial charge in [0.1, 0.15) is 11.3 Å². The molecule has 0 aliphatic carbocycles. The second-order valence-electron chi connectivity index (χ2n) is 5.34. The van der Waals surface area contributed by atoms with Gasteiger partial charge in [0, 0.05) is 23.1 Å². The Hall–Kier alpha value is -4.01. The molecule has 2 heterocycles. The lowest BCUT2D eigenvalue weighted by molar-refractivity contribution is 0.100. The number of rotatable bonds is 4. The van der Waals surface area contributed by atoms with E-state index < -0.39 is 11.5 Å². The Balaban J connectivity index is 1.67. The first kappa shape index (κ1) is 15.5. The summed E-state index contributed by atoms with van der Waals surface area (Å²) in [4.78, 5) is 22.5. The normalized spacial score (nSPS) is 10.8. The van der Waals surface area contributed by atoms with Crippen LogP contribution in [0.3, 0.4) is 0 Å². The Morgan fingerprint density at radius 3 is 2.62 bits per heavy atom. The minimum absolute atomic E-state index is 0.106. The molecule has 0 aliphatic rings. The molecular formula is C17H11N5O4. The summed E-state index contributed by atoms with van der Waals surface area (Å²) in [7, 11) is 0. The quantitative estimate of drug-likeness (QED) is 0.555. The van der Waals surface area contributed by atoms with Crippen molar-refractivity contribution in [2.75, 3.05) is 0 Å². The van der Waals surface area contributed by atoms with Gasteiger partial charge in [-0.15, -0.1) is 0 Å². The molecule has 0 fully saturated rings. The summed E-state index contributed by atoms with van der Waals surface area (Å²) >= 11 is 0. The van der Waals surface area contributed by atoms with Crippen molar-refractivity contribution < 1.29 is 13.9 Å². The zero-order valence-electron chi connectivity index (χ0n) is 13.2. The predicted octanol–water partition coefficient (Wildman–Crippen LogP) is 1.66. The summed E-state index contributed by atoms with van der Waals surface area (Å²) < 4.78 is 12.2. The van der Waals surface area contributed by atoms with Crippen molar-refractivity contribution in [2.45, 2.75) is 0 Å². The maximum absolute atomic E-state index is 11.3. The van der Waals surface area contributed by atoms with Crippen LogP contribution in [0.5, 0.6) is 11.8 Å². The average molecular weight is 349 g/mol. The highest BCUT2D eigenvalue weighted by Gasteiger charge is 2.12. The Bertz CT molecular complexity index is 1160. The highest BCUT2D eigenvalue weighted by Crippen LogP contribution is 2.24. The van der Waals surface area contributed by atoms with E-state index in [-0.39, 0.29) is 6.01 Å². The summed E-state index contributed by atoms with van der Waals surface area (Å²) in [6.45, 7) is 0. The molecule has 4 rings (SSSR count). The number of benzene rings is 2. The Morgan fingerprint density at radius 2 is 1.85 bits per heavy atom. The standard InChI is InChI=1S/C17H11N5O4/c18-16(24)11-1-5-12(6-2-11)22-17(19-20-21-22)25-13-7-3-10-4-8-15(23)26-14(10)9-13/h1-9H,(H2,18,24). The van der Waals surface area contributed by atoms with Crippen LogP contribution in [0.1, 0.15) is 10.4 Å². The van der Waals surface area contributed by atoms with Gasteiger partial charge >= 0.3 is 11.6 Å². The largest absolute Gasteiger partial charge is 0.423 e. The number of amides is 1. The van der Waals surface area contributed by atoms with Crippen LogP contribution < -0.4 is 16.1 Å².